The zero-order valence-electron chi connectivity index (χ0n) is 11.6. The number of carbonyl (C=O) groups is 1. The van der Waals surface area contributed by atoms with E-state index in [4.69, 9.17) is 11.6 Å². The second-order valence-electron chi connectivity index (χ2n) is 5.21. The van der Waals surface area contributed by atoms with Crippen LogP contribution in [0.3, 0.4) is 0 Å². The van der Waals surface area contributed by atoms with Gasteiger partial charge in [-0.3, -0.25) is 4.79 Å². The molecule has 6 heteroatoms. The minimum absolute atomic E-state index is 0.0234. The lowest BCUT2D eigenvalue weighted by molar-refractivity contribution is -1.01. The first-order chi connectivity index (χ1) is 9.58. The van der Waals surface area contributed by atoms with Gasteiger partial charge in [0.15, 0.2) is 6.54 Å². The summed E-state index contributed by atoms with van der Waals surface area (Å²) in [6, 6.07) is 4.21. The van der Waals surface area contributed by atoms with Crippen molar-refractivity contribution in [2.45, 2.75) is 6.92 Å². The molecule has 0 spiro atoms. The maximum atomic E-state index is 13.0. The fraction of sp³-hybridized carbons (Fsp3) is 0.500. The van der Waals surface area contributed by atoms with Gasteiger partial charge in [0.1, 0.15) is 32.0 Å². The SMILES string of the molecule is CC[NH+]1CC[NH+](CC(=O)Nc2ccc(F)c(Cl)c2)CC1. The summed E-state index contributed by atoms with van der Waals surface area (Å²) in [5, 5.41) is 2.79. The van der Waals surface area contributed by atoms with E-state index in [0.29, 0.717) is 12.2 Å². The molecule has 20 heavy (non-hydrogen) atoms. The monoisotopic (exact) mass is 301 g/mol. The van der Waals surface area contributed by atoms with Gasteiger partial charge in [0.25, 0.3) is 5.91 Å². The first kappa shape index (κ1) is 15.2. The van der Waals surface area contributed by atoms with Gasteiger partial charge in [0.2, 0.25) is 0 Å². The third kappa shape index (κ3) is 4.16. The van der Waals surface area contributed by atoms with Crippen molar-refractivity contribution >= 4 is 23.2 Å². The first-order valence-corrected chi connectivity index (χ1v) is 7.38. The number of rotatable bonds is 4. The molecule has 1 aromatic carbocycles. The molecule has 1 amide bonds. The Morgan fingerprint density at radius 1 is 1.30 bits per heavy atom. The lowest BCUT2D eigenvalue weighted by Crippen LogP contribution is -3.28. The van der Waals surface area contributed by atoms with Crippen molar-refractivity contribution in [3.05, 3.63) is 29.0 Å². The highest BCUT2D eigenvalue weighted by molar-refractivity contribution is 6.31. The molecule has 1 saturated heterocycles. The van der Waals surface area contributed by atoms with E-state index >= 15 is 0 Å². The Labute approximate surface area is 123 Å². The molecule has 0 saturated carbocycles. The largest absolute Gasteiger partial charge is 0.326 e. The number of quaternary nitrogens is 2. The van der Waals surface area contributed by atoms with E-state index in [2.05, 4.69) is 12.2 Å². The number of amides is 1. The van der Waals surface area contributed by atoms with E-state index < -0.39 is 5.82 Å². The summed E-state index contributed by atoms with van der Waals surface area (Å²) >= 11 is 5.69. The van der Waals surface area contributed by atoms with Crippen LogP contribution in [-0.2, 0) is 4.79 Å². The Bertz CT molecular complexity index is 475. The van der Waals surface area contributed by atoms with Crippen LogP contribution in [0.25, 0.3) is 0 Å². The molecule has 110 valence electrons. The quantitative estimate of drug-likeness (QED) is 0.671. The Kier molecular flexibility index (Phi) is 5.34. The summed E-state index contributed by atoms with van der Waals surface area (Å²) in [4.78, 5) is 14.8. The number of hydrogen-bond donors (Lipinski definition) is 3. The third-order valence-electron chi connectivity index (χ3n) is 3.78. The maximum absolute atomic E-state index is 13.0. The number of benzene rings is 1. The average molecular weight is 302 g/mol. The van der Waals surface area contributed by atoms with E-state index in [1.165, 1.54) is 23.1 Å². The van der Waals surface area contributed by atoms with Gasteiger partial charge in [-0.15, -0.1) is 0 Å². The second kappa shape index (κ2) is 7.02. The molecule has 1 heterocycles. The molecule has 0 aliphatic carbocycles. The minimum atomic E-state index is -0.478. The van der Waals surface area contributed by atoms with Crippen molar-refractivity contribution < 1.29 is 19.0 Å². The summed E-state index contributed by atoms with van der Waals surface area (Å²) in [5.41, 5.74) is 0.540. The second-order valence-corrected chi connectivity index (χ2v) is 5.61. The highest BCUT2D eigenvalue weighted by Gasteiger charge is 2.23. The van der Waals surface area contributed by atoms with Crippen molar-refractivity contribution in [1.82, 2.24) is 0 Å². The van der Waals surface area contributed by atoms with E-state index in [9.17, 15) is 9.18 Å². The predicted octanol–water partition coefficient (Wildman–Crippen LogP) is -0.779. The molecule has 0 atom stereocenters. The fourth-order valence-electron chi connectivity index (χ4n) is 2.49. The number of anilines is 1. The van der Waals surface area contributed by atoms with Crippen LogP contribution in [0, 0.1) is 5.82 Å². The Hall–Kier alpha value is -1.17. The third-order valence-corrected chi connectivity index (χ3v) is 4.07. The van der Waals surface area contributed by atoms with Crippen LogP contribution in [0.5, 0.6) is 0 Å². The Balaban J connectivity index is 1.82. The maximum Gasteiger partial charge on any atom is 0.279 e. The smallest absolute Gasteiger partial charge is 0.279 e. The lowest BCUT2D eigenvalue weighted by atomic mass is 10.3. The molecule has 0 radical (unpaired) electrons. The van der Waals surface area contributed by atoms with Gasteiger partial charge >= 0.3 is 0 Å². The molecule has 4 nitrogen and oxygen atoms in total. The molecule has 1 aromatic rings. The zero-order valence-corrected chi connectivity index (χ0v) is 12.4. The summed E-state index contributed by atoms with van der Waals surface area (Å²) in [6.45, 7) is 8.04. The van der Waals surface area contributed by atoms with Crippen LogP contribution in [0.4, 0.5) is 10.1 Å². The van der Waals surface area contributed by atoms with Crippen LogP contribution in [0.1, 0.15) is 6.92 Å². The zero-order chi connectivity index (χ0) is 14.5. The average Bonchev–Trinajstić information content (AvgIpc) is 2.44. The first-order valence-electron chi connectivity index (χ1n) is 7.00. The van der Waals surface area contributed by atoms with Gasteiger partial charge in [-0.2, -0.15) is 0 Å². The molecular formula is C14H21ClFN3O+2. The van der Waals surface area contributed by atoms with Crippen LogP contribution in [0.15, 0.2) is 18.2 Å². The molecule has 0 aromatic heterocycles. The van der Waals surface area contributed by atoms with Gasteiger partial charge in [-0.1, -0.05) is 11.6 Å². The highest BCUT2D eigenvalue weighted by Crippen LogP contribution is 2.18. The Morgan fingerprint density at radius 2 is 1.95 bits per heavy atom. The van der Waals surface area contributed by atoms with Gasteiger partial charge in [0.05, 0.1) is 11.6 Å². The van der Waals surface area contributed by atoms with Gasteiger partial charge in [-0.05, 0) is 25.1 Å². The number of nitrogens with one attached hydrogen (secondary N) is 3. The number of hydrogen-bond acceptors (Lipinski definition) is 1. The minimum Gasteiger partial charge on any atom is -0.326 e. The van der Waals surface area contributed by atoms with Crippen molar-refractivity contribution in [1.29, 1.82) is 0 Å². The molecule has 1 aliphatic rings. The summed E-state index contributed by atoms with van der Waals surface area (Å²) in [7, 11) is 0. The Morgan fingerprint density at radius 3 is 2.55 bits per heavy atom. The summed E-state index contributed by atoms with van der Waals surface area (Å²) in [5.74, 6) is -0.531. The van der Waals surface area contributed by atoms with Gasteiger partial charge in [0, 0.05) is 5.69 Å². The van der Waals surface area contributed by atoms with E-state index in [1.807, 2.05) is 0 Å². The molecule has 0 unspecified atom stereocenters. The molecule has 0 bridgehead atoms. The number of piperazine rings is 1. The van der Waals surface area contributed by atoms with E-state index in [0.717, 1.165) is 32.7 Å². The highest BCUT2D eigenvalue weighted by atomic mass is 35.5. The van der Waals surface area contributed by atoms with Gasteiger partial charge in [-0.25, -0.2) is 4.39 Å². The van der Waals surface area contributed by atoms with E-state index in [1.54, 1.807) is 4.90 Å². The van der Waals surface area contributed by atoms with Gasteiger partial charge < -0.3 is 15.1 Å². The number of carbonyl (C=O) groups excluding carboxylic acids is 1. The number of likely N-dealkylation sites (N-methyl/N-ethyl adjacent to an activating group) is 1. The van der Waals surface area contributed by atoms with E-state index in [-0.39, 0.29) is 10.9 Å². The van der Waals surface area contributed by atoms with Crippen LogP contribution in [-0.4, -0.2) is 45.2 Å². The standard InChI is InChI=1S/C14H19ClFN3O/c1-2-18-5-7-19(8-6-18)10-14(20)17-11-3-4-13(16)12(15)9-11/h3-4,9H,2,5-8,10H2,1H3,(H,17,20)/p+2. The summed E-state index contributed by atoms with van der Waals surface area (Å²) < 4.78 is 13.0. The topological polar surface area (TPSA) is 38.0 Å². The molecule has 1 fully saturated rings. The lowest BCUT2D eigenvalue weighted by Gasteiger charge is -2.28. The molecule has 2 rings (SSSR count). The van der Waals surface area contributed by atoms with Crippen molar-refractivity contribution in [2.24, 2.45) is 0 Å². The van der Waals surface area contributed by atoms with Crippen LogP contribution in [0.2, 0.25) is 5.02 Å². The van der Waals surface area contributed by atoms with Crippen molar-refractivity contribution in [3.8, 4) is 0 Å². The van der Waals surface area contributed by atoms with Crippen LogP contribution >= 0.6 is 11.6 Å². The predicted molar refractivity (Wildman–Crippen MR) is 76.8 cm³/mol. The normalized spacial score (nSPS) is 22.6. The molecular weight excluding hydrogens is 281 g/mol. The fourth-order valence-corrected chi connectivity index (χ4v) is 2.67. The van der Waals surface area contributed by atoms with Crippen LogP contribution < -0.4 is 15.1 Å². The molecule has 1 aliphatic heterocycles. The summed E-state index contributed by atoms with van der Waals surface area (Å²) in [6.07, 6.45) is 0. The molecule has 3 N–H and O–H groups in total. The van der Waals surface area contributed by atoms with Crippen molar-refractivity contribution in [2.75, 3.05) is 44.6 Å². The van der Waals surface area contributed by atoms with Crippen molar-refractivity contribution in [3.63, 3.8) is 0 Å². The number of halogens is 2.